The summed E-state index contributed by atoms with van der Waals surface area (Å²) in [7, 11) is 0. The summed E-state index contributed by atoms with van der Waals surface area (Å²) in [4.78, 5) is 4.71. The van der Waals surface area contributed by atoms with Gasteiger partial charge in [0.2, 0.25) is 0 Å². The summed E-state index contributed by atoms with van der Waals surface area (Å²) in [6, 6.07) is 0.453. The van der Waals surface area contributed by atoms with Gasteiger partial charge >= 0.3 is 0 Å². The Morgan fingerprint density at radius 1 is 1.62 bits per heavy atom. The molecule has 0 spiro atoms. The van der Waals surface area contributed by atoms with Crippen molar-refractivity contribution in [1.82, 2.24) is 10.6 Å². The smallest absolute Gasteiger partial charge is 0.131 e. The van der Waals surface area contributed by atoms with Crippen LogP contribution in [-0.4, -0.2) is 11.1 Å². The van der Waals surface area contributed by atoms with Gasteiger partial charge in [0.25, 0.3) is 0 Å². The van der Waals surface area contributed by atoms with E-state index < -0.39 is 0 Å². The monoisotopic (exact) mass is 114 g/mol. The van der Waals surface area contributed by atoms with E-state index in [0.717, 1.165) is 0 Å². The minimum Gasteiger partial charge on any atom is -0.395 e. The van der Waals surface area contributed by atoms with Gasteiger partial charge < -0.3 is 4.84 Å². The van der Waals surface area contributed by atoms with Crippen molar-refractivity contribution < 1.29 is 4.84 Å². The van der Waals surface area contributed by atoms with Gasteiger partial charge in [-0.15, -0.1) is 0 Å². The molecule has 3 heteroatoms. The van der Waals surface area contributed by atoms with Crippen LogP contribution in [0.2, 0.25) is 0 Å². The Morgan fingerprint density at radius 3 is 2.62 bits per heavy atom. The SMILES string of the molecule is CC(C)N1C=CON1. The van der Waals surface area contributed by atoms with Crippen molar-refractivity contribution in [2.24, 2.45) is 0 Å². The van der Waals surface area contributed by atoms with Crippen LogP contribution in [0.3, 0.4) is 0 Å². The molecule has 0 aromatic rings. The summed E-state index contributed by atoms with van der Waals surface area (Å²) in [5.41, 5.74) is 2.68. The molecule has 0 unspecified atom stereocenters. The highest BCUT2D eigenvalue weighted by Crippen LogP contribution is 1.99. The van der Waals surface area contributed by atoms with Crippen molar-refractivity contribution in [3.05, 3.63) is 12.5 Å². The standard InChI is InChI=1S/C5H10N2O/c1-5(2)7-3-4-8-6-7/h3-6H,1-2H3. The lowest BCUT2D eigenvalue weighted by Crippen LogP contribution is -2.33. The summed E-state index contributed by atoms with van der Waals surface area (Å²) >= 11 is 0. The quantitative estimate of drug-likeness (QED) is 0.540. The molecular weight excluding hydrogens is 104 g/mol. The largest absolute Gasteiger partial charge is 0.395 e. The van der Waals surface area contributed by atoms with Crippen LogP contribution in [0.1, 0.15) is 13.8 Å². The maximum atomic E-state index is 4.71. The average molecular weight is 114 g/mol. The van der Waals surface area contributed by atoms with Crippen molar-refractivity contribution in [3.8, 4) is 0 Å². The zero-order valence-electron chi connectivity index (χ0n) is 5.09. The van der Waals surface area contributed by atoms with Crippen molar-refractivity contribution >= 4 is 0 Å². The molecule has 46 valence electrons. The van der Waals surface area contributed by atoms with Gasteiger partial charge in [0.05, 0.1) is 6.20 Å². The third-order valence-corrected chi connectivity index (χ3v) is 1.00. The summed E-state index contributed by atoms with van der Waals surface area (Å²) in [5, 5.41) is 1.88. The molecule has 0 fully saturated rings. The van der Waals surface area contributed by atoms with Gasteiger partial charge in [-0.2, -0.15) is 0 Å². The number of hydrazine groups is 1. The first kappa shape index (κ1) is 5.44. The number of hydrogen-bond donors (Lipinski definition) is 1. The Kier molecular flexibility index (Phi) is 1.39. The fourth-order valence-corrected chi connectivity index (χ4v) is 0.495. The maximum absolute atomic E-state index is 4.71. The third-order valence-electron chi connectivity index (χ3n) is 1.00. The molecule has 3 nitrogen and oxygen atoms in total. The molecule has 0 atom stereocenters. The first-order valence-corrected chi connectivity index (χ1v) is 2.67. The molecule has 1 rings (SSSR count). The molecule has 0 saturated heterocycles. The molecule has 0 amide bonds. The lowest BCUT2D eigenvalue weighted by Gasteiger charge is -2.17. The van der Waals surface area contributed by atoms with Crippen molar-refractivity contribution in [2.75, 3.05) is 0 Å². The Hall–Kier alpha value is -0.700. The lowest BCUT2D eigenvalue weighted by atomic mass is 10.4. The summed E-state index contributed by atoms with van der Waals surface area (Å²) in [6.07, 6.45) is 3.46. The van der Waals surface area contributed by atoms with Crippen LogP contribution in [0, 0.1) is 0 Å². The van der Waals surface area contributed by atoms with Gasteiger partial charge in [-0.25, -0.2) is 0 Å². The predicted octanol–water partition coefficient (Wildman–Crippen LogP) is 0.618. The zero-order chi connectivity index (χ0) is 5.98. The topological polar surface area (TPSA) is 24.5 Å². The van der Waals surface area contributed by atoms with E-state index in [1.807, 2.05) is 11.2 Å². The van der Waals surface area contributed by atoms with E-state index in [4.69, 9.17) is 4.84 Å². The Morgan fingerprint density at radius 2 is 2.38 bits per heavy atom. The number of hydrogen-bond acceptors (Lipinski definition) is 3. The van der Waals surface area contributed by atoms with Gasteiger partial charge in [0.1, 0.15) is 6.26 Å². The van der Waals surface area contributed by atoms with E-state index in [-0.39, 0.29) is 0 Å². The van der Waals surface area contributed by atoms with Crippen LogP contribution in [0.15, 0.2) is 12.5 Å². The molecule has 8 heavy (non-hydrogen) atoms. The van der Waals surface area contributed by atoms with Crippen LogP contribution >= 0.6 is 0 Å². The summed E-state index contributed by atoms with van der Waals surface area (Å²) < 4.78 is 0. The summed E-state index contributed by atoms with van der Waals surface area (Å²) in [6.45, 7) is 4.15. The Balaban J connectivity index is 2.36. The fourth-order valence-electron chi connectivity index (χ4n) is 0.495. The zero-order valence-corrected chi connectivity index (χ0v) is 5.09. The molecule has 0 radical (unpaired) electrons. The van der Waals surface area contributed by atoms with Crippen LogP contribution in [0.4, 0.5) is 0 Å². The highest BCUT2D eigenvalue weighted by atomic mass is 16.7. The minimum atomic E-state index is 0.453. The molecule has 0 saturated carbocycles. The first-order chi connectivity index (χ1) is 3.80. The van der Waals surface area contributed by atoms with Crippen LogP contribution in [0.25, 0.3) is 0 Å². The number of nitrogens with one attached hydrogen (secondary N) is 1. The summed E-state index contributed by atoms with van der Waals surface area (Å²) in [5.74, 6) is 0. The molecule has 0 aliphatic carbocycles. The molecule has 0 bridgehead atoms. The van der Waals surface area contributed by atoms with E-state index in [0.29, 0.717) is 6.04 Å². The molecule has 1 heterocycles. The highest BCUT2D eigenvalue weighted by Gasteiger charge is 2.06. The van der Waals surface area contributed by atoms with E-state index in [2.05, 4.69) is 19.4 Å². The van der Waals surface area contributed by atoms with E-state index >= 15 is 0 Å². The number of rotatable bonds is 1. The van der Waals surface area contributed by atoms with Gasteiger partial charge in [-0.05, 0) is 13.8 Å². The van der Waals surface area contributed by atoms with Crippen molar-refractivity contribution in [3.63, 3.8) is 0 Å². The fraction of sp³-hybridized carbons (Fsp3) is 0.600. The Bertz CT molecular complexity index is 101. The van der Waals surface area contributed by atoms with E-state index in [1.165, 1.54) is 0 Å². The second kappa shape index (κ2) is 2.05. The molecule has 0 aromatic heterocycles. The molecule has 1 aliphatic rings. The molecular formula is C5H10N2O. The van der Waals surface area contributed by atoms with Gasteiger partial charge in [0, 0.05) is 6.04 Å². The first-order valence-electron chi connectivity index (χ1n) is 2.67. The van der Waals surface area contributed by atoms with Crippen LogP contribution < -0.4 is 5.59 Å². The van der Waals surface area contributed by atoms with Gasteiger partial charge in [0.15, 0.2) is 0 Å². The molecule has 1 N–H and O–H groups in total. The second-order valence-electron chi connectivity index (χ2n) is 2.00. The maximum Gasteiger partial charge on any atom is 0.131 e. The van der Waals surface area contributed by atoms with Gasteiger partial charge in [-0.1, -0.05) is 5.59 Å². The van der Waals surface area contributed by atoms with Crippen LogP contribution in [0.5, 0.6) is 0 Å². The highest BCUT2D eigenvalue weighted by molar-refractivity contribution is 4.77. The van der Waals surface area contributed by atoms with Crippen LogP contribution in [-0.2, 0) is 4.84 Å². The predicted molar refractivity (Wildman–Crippen MR) is 30.3 cm³/mol. The molecule has 0 aromatic carbocycles. The normalized spacial score (nSPS) is 17.6. The van der Waals surface area contributed by atoms with Crippen molar-refractivity contribution in [1.29, 1.82) is 0 Å². The minimum absolute atomic E-state index is 0.453. The third kappa shape index (κ3) is 0.924. The molecule has 1 aliphatic heterocycles. The average Bonchev–Trinajstić information content (AvgIpc) is 2.12. The van der Waals surface area contributed by atoms with E-state index in [1.54, 1.807) is 6.26 Å². The Labute approximate surface area is 48.9 Å². The van der Waals surface area contributed by atoms with E-state index in [9.17, 15) is 0 Å². The second-order valence-corrected chi connectivity index (χ2v) is 2.00. The number of nitrogens with zero attached hydrogens (tertiary/aromatic N) is 1. The van der Waals surface area contributed by atoms with Crippen molar-refractivity contribution in [2.45, 2.75) is 19.9 Å². The van der Waals surface area contributed by atoms with Gasteiger partial charge in [-0.3, -0.25) is 5.01 Å². The lowest BCUT2D eigenvalue weighted by molar-refractivity contribution is 0.0187.